The number of carboxylic acid groups (broad SMARTS) is 1. The zero-order valence-corrected chi connectivity index (χ0v) is 24.2. The van der Waals surface area contributed by atoms with Crippen molar-refractivity contribution in [3.8, 4) is 11.4 Å². The second-order valence-electron chi connectivity index (χ2n) is 10.5. The average Bonchev–Trinajstić information content (AvgIpc) is 3.34. The van der Waals surface area contributed by atoms with Gasteiger partial charge in [-0.3, -0.25) is 0 Å². The minimum atomic E-state index is -1.50. The summed E-state index contributed by atoms with van der Waals surface area (Å²) < 4.78 is 60.9. The molecule has 1 N–H and O–H groups in total. The van der Waals surface area contributed by atoms with Gasteiger partial charge < -0.3 is 19.1 Å². The molecule has 1 aliphatic carbocycles. The number of hydrogen-bond donors (Lipinski definition) is 1. The van der Waals surface area contributed by atoms with Crippen LogP contribution in [-0.2, 0) is 15.0 Å². The lowest BCUT2D eigenvalue weighted by Gasteiger charge is -2.54. The maximum Gasteiger partial charge on any atom is 0.335 e. The second kappa shape index (κ2) is 12.1. The average molecular weight is 601 g/mol. The van der Waals surface area contributed by atoms with Crippen LogP contribution in [0.1, 0.15) is 68.3 Å². The first-order chi connectivity index (χ1) is 20.2. The van der Waals surface area contributed by atoms with E-state index in [2.05, 4.69) is 0 Å². The topological polar surface area (TPSA) is 73.6 Å². The summed E-state index contributed by atoms with van der Waals surface area (Å²) in [5.74, 6) is -5.37. The second-order valence-corrected chi connectivity index (χ2v) is 11.0. The number of fused-ring (bicyclic) bond motifs is 1. The predicted octanol–water partition coefficient (Wildman–Crippen LogP) is 8.34. The maximum absolute atomic E-state index is 16.4. The predicted molar refractivity (Wildman–Crippen MR) is 154 cm³/mol. The van der Waals surface area contributed by atoms with Gasteiger partial charge in [-0.15, -0.1) is 0 Å². The highest BCUT2D eigenvalue weighted by atomic mass is 35.5. The molecule has 0 saturated heterocycles. The normalized spacial score (nSPS) is 18.4. The minimum Gasteiger partial charge on any atom is -0.478 e. The first-order valence-electron chi connectivity index (χ1n) is 14.1. The van der Waals surface area contributed by atoms with Gasteiger partial charge in [-0.05, 0) is 62.1 Å². The third kappa shape index (κ3) is 5.08. The van der Waals surface area contributed by atoms with E-state index in [1.165, 1.54) is 12.1 Å². The summed E-state index contributed by atoms with van der Waals surface area (Å²) in [6.07, 6.45) is 3.27. The summed E-state index contributed by atoms with van der Waals surface area (Å²) in [4.78, 5) is 16.5. The Bertz CT molecular complexity index is 1600. The zero-order chi connectivity index (χ0) is 30.1. The van der Waals surface area contributed by atoms with Crippen molar-refractivity contribution in [1.82, 2.24) is 9.55 Å². The van der Waals surface area contributed by atoms with Crippen LogP contribution in [0.15, 0.2) is 54.6 Å². The monoisotopic (exact) mass is 600 g/mol. The van der Waals surface area contributed by atoms with Gasteiger partial charge in [-0.25, -0.2) is 22.9 Å². The third-order valence-corrected chi connectivity index (χ3v) is 8.10. The number of imidazole rings is 1. The van der Waals surface area contributed by atoms with Crippen LogP contribution in [0.5, 0.6) is 0 Å². The molecule has 1 aromatic heterocycles. The van der Waals surface area contributed by atoms with Gasteiger partial charge in [-0.2, -0.15) is 0 Å². The van der Waals surface area contributed by atoms with Crippen LogP contribution < -0.4 is 0 Å². The minimum absolute atomic E-state index is 0.110. The van der Waals surface area contributed by atoms with Crippen LogP contribution in [0.2, 0.25) is 5.02 Å². The highest BCUT2D eigenvalue weighted by molar-refractivity contribution is 6.30. The smallest absolute Gasteiger partial charge is 0.335 e. The highest BCUT2D eigenvalue weighted by Gasteiger charge is 2.60. The number of aromatic carboxylic acids is 1. The summed E-state index contributed by atoms with van der Waals surface area (Å²) in [5.41, 5.74) is -0.663. The van der Waals surface area contributed by atoms with Crippen LogP contribution >= 0.6 is 11.6 Å². The number of benzene rings is 3. The van der Waals surface area contributed by atoms with Gasteiger partial charge >= 0.3 is 5.97 Å². The molecule has 1 fully saturated rings. The van der Waals surface area contributed by atoms with Gasteiger partial charge in [-0.1, -0.05) is 37.9 Å². The van der Waals surface area contributed by atoms with E-state index < -0.39 is 34.7 Å². The molecule has 0 spiro atoms. The molecular formula is C32H32ClF3N2O4. The Balaban J connectivity index is 1.96. The van der Waals surface area contributed by atoms with Gasteiger partial charge in [0.25, 0.3) is 0 Å². The molecular weight excluding hydrogens is 569 g/mol. The van der Waals surface area contributed by atoms with Crippen LogP contribution in [-0.4, -0.2) is 39.6 Å². The van der Waals surface area contributed by atoms with Gasteiger partial charge in [0.15, 0.2) is 17.4 Å². The molecule has 0 bridgehead atoms. The van der Waals surface area contributed by atoms with Gasteiger partial charge in [0, 0.05) is 47.9 Å². The number of carboxylic acids is 1. The highest BCUT2D eigenvalue weighted by Crippen LogP contribution is 2.54. The van der Waals surface area contributed by atoms with E-state index in [1.54, 1.807) is 28.8 Å². The van der Waals surface area contributed by atoms with Gasteiger partial charge in [0.05, 0.1) is 16.6 Å². The molecule has 0 aliphatic heterocycles. The lowest BCUT2D eigenvalue weighted by Crippen LogP contribution is -2.62. The molecule has 1 saturated carbocycles. The Hall–Kier alpha value is -3.40. The lowest BCUT2D eigenvalue weighted by atomic mass is 9.70. The molecule has 1 aliphatic rings. The number of halogens is 4. The zero-order valence-electron chi connectivity index (χ0n) is 23.4. The lowest BCUT2D eigenvalue weighted by molar-refractivity contribution is -0.297. The Morgan fingerprint density at radius 3 is 2.19 bits per heavy atom. The molecule has 6 nitrogen and oxygen atoms in total. The molecule has 4 aromatic rings. The Morgan fingerprint density at radius 1 is 0.929 bits per heavy atom. The van der Waals surface area contributed by atoms with Crippen molar-refractivity contribution in [1.29, 1.82) is 0 Å². The van der Waals surface area contributed by atoms with E-state index >= 15 is 4.39 Å². The number of aromatic nitrogens is 2. The molecule has 1 heterocycles. The van der Waals surface area contributed by atoms with Crippen LogP contribution in [0.25, 0.3) is 22.4 Å². The van der Waals surface area contributed by atoms with Gasteiger partial charge in [0.1, 0.15) is 17.2 Å². The molecule has 1 unspecified atom stereocenters. The van der Waals surface area contributed by atoms with Gasteiger partial charge in [0.2, 0.25) is 0 Å². The third-order valence-electron chi connectivity index (χ3n) is 7.85. The molecule has 0 amide bonds. The quantitative estimate of drug-likeness (QED) is 0.185. The first kappa shape index (κ1) is 30.1. The summed E-state index contributed by atoms with van der Waals surface area (Å²) in [5, 5.41) is 10.1. The van der Waals surface area contributed by atoms with Crippen LogP contribution in [0.3, 0.4) is 0 Å². The van der Waals surface area contributed by atoms with Crippen LogP contribution in [0, 0.1) is 17.5 Å². The van der Waals surface area contributed by atoms with Crippen molar-refractivity contribution in [3.63, 3.8) is 0 Å². The fourth-order valence-electron chi connectivity index (χ4n) is 6.07. The Morgan fingerprint density at radius 2 is 1.57 bits per heavy atom. The van der Waals surface area contributed by atoms with Crippen molar-refractivity contribution >= 4 is 28.6 Å². The number of nitrogens with zero attached hydrogens (tertiary/aromatic N) is 2. The van der Waals surface area contributed by atoms with Crippen molar-refractivity contribution < 1.29 is 32.5 Å². The fourth-order valence-corrected chi connectivity index (χ4v) is 6.20. The summed E-state index contributed by atoms with van der Waals surface area (Å²) in [6, 6.07) is 12.6. The van der Waals surface area contributed by atoms with Crippen LogP contribution in [0.4, 0.5) is 13.2 Å². The van der Waals surface area contributed by atoms with Crippen molar-refractivity contribution in [2.24, 2.45) is 0 Å². The standard InChI is InChI=1S/C32H32ClF3N2O4/c1-3-15-41-32(42-16-4-2)14-6-5-13-31(32,23-12-9-21(30(39)40)17-24(23)34)38-28-19-26(36)25(35)18-27(28)37-29(38)20-7-10-22(33)11-8-20/h7-12,17-19H,3-6,13-16H2,1-2H3,(H,39,40). The van der Waals surface area contributed by atoms with E-state index in [4.69, 9.17) is 26.1 Å². The number of carbonyl (C=O) groups is 1. The molecule has 3 aromatic carbocycles. The van der Waals surface area contributed by atoms with E-state index in [-0.39, 0.29) is 41.8 Å². The summed E-state index contributed by atoms with van der Waals surface area (Å²) >= 11 is 6.19. The summed E-state index contributed by atoms with van der Waals surface area (Å²) in [6.45, 7) is 4.47. The van der Waals surface area contributed by atoms with E-state index in [0.717, 1.165) is 18.2 Å². The number of ether oxygens (including phenoxy) is 2. The molecule has 5 rings (SSSR count). The van der Waals surface area contributed by atoms with Crippen molar-refractivity contribution in [2.75, 3.05) is 13.2 Å². The first-order valence-corrected chi connectivity index (χ1v) is 14.5. The largest absolute Gasteiger partial charge is 0.478 e. The fraction of sp³-hybridized carbons (Fsp3) is 0.375. The number of rotatable bonds is 10. The van der Waals surface area contributed by atoms with E-state index in [1.807, 2.05) is 13.8 Å². The SMILES string of the molecule is CCCOC1(OCCC)CCCCC1(c1ccc(C(=O)O)cc1F)n1c(-c2ccc(Cl)cc2)nc2cc(F)c(F)cc21. The van der Waals surface area contributed by atoms with E-state index in [0.29, 0.717) is 48.5 Å². The molecule has 222 valence electrons. The molecule has 10 heteroatoms. The number of hydrogen-bond acceptors (Lipinski definition) is 4. The maximum atomic E-state index is 16.4. The molecule has 0 radical (unpaired) electrons. The molecule has 42 heavy (non-hydrogen) atoms. The van der Waals surface area contributed by atoms with Crippen molar-refractivity contribution in [3.05, 3.63) is 88.2 Å². The Labute approximate surface area is 247 Å². The van der Waals surface area contributed by atoms with Crippen molar-refractivity contribution in [2.45, 2.75) is 63.7 Å². The summed E-state index contributed by atoms with van der Waals surface area (Å²) in [7, 11) is 0. The van der Waals surface area contributed by atoms with E-state index in [9.17, 15) is 18.7 Å². The Kier molecular flexibility index (Phi) is 8.64. The molecule has 1 atom stereocenters.